The largest absolute Gasteiger partial charge is 0.463 e. The first kappa shape index (κ1) is 15.4. The smallest absolute Gasteiger partial charge is 0.355 e. The van der Waals surface area contributed by atoms with E-state index in [2.05, 4.69) is 5.32 Å². The van der Waals surface area contributed by atoms with E-state index in [1.54, 1.807) is 48.3 Å². The first-order valence-electron chi connectivity index (χ1n) is 7.10. The molecule has 0 spiro atoms. The van der Waals surface area contributed by atoms with Gasteiger partial charge in [0.15, 0.2) is 11.7 Å². The van der Waals surface area contributed by atoms with Gasteiger partial charge in [-0.05, 0) is 18.4 Å². The summed E-state index contributed by atoms with van der Waals surface area (Å²) in [5.41, 5.74) is 1.75. The first-order valence-corrected chi connectivity index (χ1v) is 7.98. The van der Waals surface area contributed by atoms with Crippen molar-refractivity contribution in [2.24, 2.45) is 7.05 Å². The van der Waals surface area contributed by atoms with Crippen molar-refractivity contribution in [1.29, 1.82) is 0 Å². The van der Waals surface area contributed by atoms with Crippen LogP contribution in [0.1, 0.15) is 22.3 Å². The quantitative estimate of drug-likeness (QED) is 0.729. The highest BCUT2D eigenvalue weighted by Crippen LogP contribution is 2.20. The van der Waals surface area contributed by atoms with Crippen LogP contribution in [0.3, 0.4) is 0 Å². The summed E-state index contributed by atoms with van der Waals surface area (Å²) in [4.78, 5) is 25.3. The van der Waals surface area contributed by atoms with Gasteiger partial charge in [0.25, 0.3) is 5.91 Å². The summed E-state index contributed by atoms with van der Waals surface area (Å²) in [5, 5.41) is 4.69. The van der Waals surface area contributed by atoms with Crippen LogP contribution in [0.15, 0.2) is 40.3 Å². The van der Waals surface area contributed by atoms with Gasteiger partial charge in [-0.2, -0.15) is 0 Å². The van der Waals surface area contributed by atoms with Crippen LogP contribution in [0, 0.1) is 0 Å². The Hall–Kier alpha value is -2.54. The minimum absolute atomic E-state index is 0.329. The number of thiophene rings is 1. The summed E-state index contributed by atoms with van der Waals surface area (Å²) < 4.78 is 12.2. The van der Waals surface area contributed by atoms with Gasteiger partial charge in [0.2, 0.25) is 0 Å². The van der Waals surface area contributed by atoms with Gasteiger partial charge in [0, 0.05) is 24.1 Å². The summed E-state index contributed by atoms with van der Waals surface area (Å²) in [6, 6.07) is 7.22. The molecule has 0 radical (unpaired) electrons. The number of amides is 1. The Balaban J connectivity index is 1.61. The molecule has 0 bridgehead atoms. The van der Waals surface area contributed by atoms with Crippen molar-refractivity contribution in [3.8, 4) is 0 Å². The number of nitrogens with zero attached hydrogens (tertiary/aromatic N) is 1. The van der Waals surface area contributed by atoms with Gasteiger partial charge in [-0.25, -0.2) is 4.79 Å². The molecule has 0 saturated heterocycles. The lowest BCUT2D eigenvalue weighted by Crippen LogP contribution is -2.35. The van der Waals surface area contributed by atoms with Crippen molar-refractivity contribution < 1.29 is 18.7 Å². The van der Waals surface area contributed by atoms with E-state index in [1.807, 2.05) is 17.5 Å². The van der Waals surface area contributed by atoms with Crippen molar-refractivity contribution >= 4 is 34.3 Å². The number of esters is 1. The van der Waals surface area contributed by atoms with E-state index in [0.29, 0.717) is 17.8 Å². The minimum atomic E-state index is -0.872. The van der Waals surface area contributed by atoms with Crippen LogP contribution in [0.2, 0.25) is 0 Å². The molecule has 0 saturated carbocycles. The summed E-state index contributed by atoms with van der Waals surface area (Å²) in [5.74, 6) is -0.887. The molecule has 23 heavy (non-hydrogen) atoms. The van der Waals surface area contributed by atoms with Gasteiger partial charge in [0.1, 0.15) is 5.69 Å². The van der Waals surface area contributed by atoms with Crippen molar-refractivity contribution in [3.05, 3.63) is 46.5 Å². The number of aromatic nitrogens is 1. The number of rotatable bonds is 5. The summed E-state index contributed by atoms with van der Waals surface area (Å²) in [6.45, 7) is 1.98. The number of hydrogen-bond acceptors (Lipinski definition) is 5. The number of furan rings is 1. The predicted molar refractivity (Wildman–Crippen MR) is 86.2 cm³/mol. The van der Waals surface area contributed by atoms with Crippen LogP contribution in [-0.4, -0.2) is 22.5 Å². The molecular formula is C16H16N2O4S. The van der Waals surface area contributed by atoms with Crippen molar-refractivity contribution in [2.75, 3.05) is 0 Å². The maximum atomic E-state index is 12.2. The SMILES string of the molecule is C[C@@H](OC(=O)c1cc2occc2n1C)C(=O)NCc1cccs1. The number of nitrogens with one attached hydrogen (secondary N) is 1. The van der Waals surface area contributed by atoms with Crippen molar-refractivity contribution in [1.82, 2.24) is 9.88 Å². The standard InChI is InChI=1S/C16H16N2O4S/c1-10(15(19)17-9-11-4-3-7-23-11)22-16(20)13-8-14-12(18(13)2)5-6-21-14/h3-8,10H,9H2,1-2H3,(H,17,19)/t10-/m1/s1. The molecule has 0 unspecified atom stereocenters. The topological polar surface area (TPSA) is 73.5 Å². The van der Waals surface area contributed by atoms with E-state index < -0.39 is 12.1 Å². The lowest BCUT2D eigenvalue weighted by molar-refractivity contribution is -0.129. The fraction of sp³-hybridized carbons (Fsp3) is 0.250. The highest BCUT2D eigenvalue weighted by atomic mass is 32.1. The average Bonchev–Trinajstić information content (AvgIpc) is 3.23. The molecule has 0 aliphatic carbocycles. The number of aryl methyl sites for hydroxylation is 1. The molecule has 3 aromatic rings. The number of carbonyl (C=O) groups is 2. The highest BCUT2D eigenvalue weighted by Gasteiger charge is 2.22. The Labute approximate surface area is 136 Å². The third-order valence-electron chi connectivity index (χ3n) is 3.54. The predicted octanol–water partition coefficient (Wildman–Crippen LogP) is 2.69. The molecule has 6 nitrogen and oxygen atoms in total. The molecule has 3 heterocycles. The third-order valence-corrected chi connectivity index (χ3v) is 4.42. The van der Waals surface area contributed by atoms with E-state index in [1.165, 1.54) is 0 Å². The van der Waals surface area contributed by atoms with Crippen LogP contribution in [-0.2, 0) is 23.1 Å². The van der Waals surface area contributed by atoms with Gasteiger partial charge in [-0.15, -0.1) is 11.3 Å². The molecule has 0 aliphatic rings. The monoisotopic (exact) mass is 332 g/mol. The molecule has 3 rings (SSSR count). The summed E-state index contributed by atoms with van der Waals surface area (Å²) in [7, 11) is 1.75. The second-order valence-electron chi connectivity index (χ2n) is 5.10. The third kappa shape index (κ3) is 3.14. The number of fused-ring (bicyclic) bond motifs is 1. The minimum Gasteiger partial charge on any atom is -0.463 e. The molecule has 0 aromatic carbocycles. The number of carbonyl (C=O) groups excluding carboxylic acids is 2. The molecule has 1 amide bonds. The molecule has 7 heteroatoms. The molecule has 0 aliphatic heterocycles. The molecule has 0 fully saturated rings. The highest BCUT2D eigenvalue weighted by molar-refractivity contribution is 7.09. The first-order chi connectivity index (χ1) is 11.1. The zero-order chi connectivity index (χ0) is 16.4. The van der Waals surface area contributed by atoms with E-state index >= 15 is 0 Å². The van der Waals surface area contributed by atoms with Gasteiger partial charge < -0.3 is 19.0 Å². The number of hydrogen-bond donors (Lipinski definition) is 1. The van der Waals surface area contributed by atoms with Crippen molar-refractivity contribution in [3.63, 3.8) is 0 Å². The Morgan fingerprint density at radius 1 is 1.43 bits per heavy atom. The summed E-state index contributed by atoms with van der Waals surface area (Å²) >= 11 is 1.56. The Bertz CT molecular complexity index is 832. The average molecular weight is 332 g/mol. The Morgan fingerprint density at radius 2 is 2.26 bits per heavy atom. The molecule has 1 N–H and O–H groups in total. The molecular weight excluding hydrogens is 316 g/mol. The van der Waals surface area contributed by atoms with Gasteiger partial charge >= 0.3 is 5.97 Å². The maximum absolute atomic E-state index is 12.2. The summed E-state index contributed by atoms with van der Waals surface area (Å²) in [6.07, 6.45) is 0.684. The Morgan fingerprint density at radius 3 is 2.96 bits per heavy atom. The fourth-order valence-electron chi connectivity index (χ4n) is 2.25. The zero-order valence-electron chi connectivity index (χ0n) is 12.7. The van der Waals surface area contributed by atoms with Gasteiger partial charge in [-0.1, -0.05) is 6.07 Å². The second-order valence-corrected chi connectivity index (χ2v) is 6.14. The van der Waals surface area contributed by atoms with E-state index in [-0.39, 0.29) is 5.91 Å². The van der Waals surface area contributed by atoms with Crippen LogP contribution < -0.4 is 5.32 Å². The molecule has 120 valence electrons. The van der Waals surface area contributed by atoms with Crippen molar-refractivity contribution in [2.45, 2.75) is 19.6 Å². The second kappa shape index (κ2) is 6.29. The van der Waals surface area contributed by atoms with Crippen LogP contribution >= 0.6 is 11.3 Å². The van der Waals surface area contributed by atoms with E-state index in [4.69, 9.17) is 9.15 Å². The maximum Gasteiger partial charge on any atom is 0.355 e. The van der Waals surface area contributed by atoms with Crippen LogP contribution in [0.25, 0.3) is 11.1 Å². The van der Waals surface area contributed by atoms with Crippen LogP contribution in [0.5, 0.6) is 0 Å². The van der Waals surface area contributed by atoms with E-state index in [0.717, 1.165) is 10.4 Å². The van der Waals surface area contributed by atoms with E-state index in [9.17, 15) is 9.59 Å². The lowest BCUT2D eigenvalue weighted by Gasteiger charge is -2.13. The zero-order valence-corrected chi connectivity index (χ0v) is 13.6. The lowest BCUT2D eigenvalue weighted by atomic mass is 10.3. The van der Waals surface area contributed by atoms with Gasteiger partial charge in [0.05, 0.1) is 18.3 Å². The normalized spacial score (nSPS) is 12.3. The van der Waals surface area contributed by atoms with Gasteiger partial charge in [-0.3, -0.25) is 4.79 Å². The fourth-order valence-corrected chi connectivity index (χ4v) is 2.90. The Kier molecular flexibility index (Phi) is 4.20. The number of ether oxygens (including phenoxy) is 1. The molecule has 1 atom stereocenters. The molecule has 3 aromatic heterocycles. The van der Waals surface area contributed by atoms with Crippen LogP contribution in [0.4, 0.5) is 0 Å².